The molecular weight excluding hydrogens is 355 g/mol. The first kappa shape index (κ1) is 15.2. The van der Waals surface area contributed by atoms with Gasteiger partial charge in [-0.15, -0.1) is 10.2 Å². The Morgan fingerprint density at radius 1 is 1.15 bits per heavy atom. The van der Waals surface area contributed by atoms with Crippen LogP contribution in [0, 0.1) is 0 Å². The van der Waals surface area contributed by atoms with Gasteiger partial charge in [0.2, 0.25) is 10.1 Å². The van der Waals surface area contributed by atoms with Crippen molar-refractivity contribution in [3.8, 4) is 0 Å². The minimum absolute atomic E-state index is 0.278. The van der Waals surface area contributed by atoms with Gasteiger partial charge < -0.3 is 4.90 Å². The molecule has 0 saturated heterocycles. The van der Waals surface area contributed by atoms with E-state index in [0.717, 1.165) is 5.56 Å². The lowest BCUT2D eigenvalue weighted by Gasteiger charge is -2.20. The molecule has 0 N–H and O–H groups in total. The molecule has 3 nitrogen and oxygen atoms in total. The van der Waals surface area contributed by atoms with E-state index in [1.165, 1.54) is 0 Å². The summed E-state index contributed by atoms with van der Waals surface area (Å²) in [6, 6.07) is 9.52. The molecule has 2 aromatic rings. The summed E-state index contributed by atoms with van der Waals surface area (Å²) in [6.45, 7) is 1.06. The van der Waals surface area contributed by atoms with E-state index in [-0.39, 0.29) is 5.13 Å². The smallest absolute Gasteiger partial charge is 0.341 e. The summed E-state index contributed by atoms with van der Waals surface area (Å²) in [5, 5.41) is 6.87. The number of benzene rings is 1. The zero-order valence-corrected chi connectivity index (χ0v) is 12.7. The van der Waals surface area contributed by atoms with Crippen molar-refractivity contribution in [2.24, 2.45) is 0 Å². The van der Waals surface area contributed by atoms with Crippen LogP contribution in [0.1, 0.15) is 10.6 Å². The van der Waals surface area contributed by atoms with E-state index in [0.29, 0.717) is 29.8 Å². The monoisotopic (exact) mass is 365 g/mol. The van der Waals surface area contributed by atoms with Crippen molar-refractivity contribution < 1.29 is 13.2 Å². The zero-order valence-electron chi connectivity index (χ0n) is 10.3. The first-order valence-electron chi connectivity index (χ1n) is 5.76. The summed E-state index contributed by atoms with van der Waals surface area (Å²) in [7, 11) is 0. The maximum absolute atomic E-state index is 12.6. The number of hydrogen-bond donors (Lipinski definition) is 0. The maximum Gasteiger partial charge on any atom is 0.445 e. The van der Waals surface area contributed by atoms with Crippen LogP contribution >= 0.6 is 27.3 Å². The van der Waals surface area contributed by atoms with E-state index in [4.69, 9.17) is 0 Å². The van der Waals surface area contributed by atoms with Crippen molar-refractivity contribution in [1.82, 2.24) is 10.2 Å². The third kappa shape index (κ3) is 3.92. The highest BCUT2D eigenvalue weighted by Gasteiger charge is 2.36. The van der Waals surface area contributed by atoms with E-state index in [2.05, 4.69) is 26.1 Å². The Morgan fingerprint density at radius 3 is 2.40 bits per heavy atom. The molecule has 0 aliphatic carbocycles. The van der Waals surface area contributed by atoms with Gasteiger partial charge in [0.1, 0.15) is 0 Å². The molecule has 0 unspecified atom stereocenters. The molecule has 0 aliphatic heterocycles. The zero-order chi connectivity index (χ0) is 14.6. The number of halogens is 4. The molecule has 1 aromatic heterocycles. The molecule has 0 atom stereocenters. The highest BCUT2D eigenvalue weighted by molar-refractivity contribution is 9.09. The summed E-state index contributed by atoms with van der Waals surface area (Å²) in [5.41, 5.74) is 1.01. The number of hydrogen-bond acceptors (Lipinski definition) is 4. The number of alkyl halides is 4. The van der Waals surface area contributed by atoms with Gasteiger partial charge in [0.15, 0.2) is 0 Å². The minimum atomic E-state index is -4.44. The second kappa shape index (κ2) is 6.53. The average molecular weight is 366 g/mol. The Labute approximate surface area is 126 Å². The molecule has 0 fully saturated rings. The fraction of sp³-hybridized carbons (Fsp3) is 0.333. The Balaban J connectivity index is 2.18. The molecule has 108 valence electrons. The van der Waals surface area contributed by atoms with Crippen molar-refractivity contribution in [3.63, 3.8) is 0 Å². The number of nitrogens with zero attached hydrogens (tertiary/aromatic N) is 3. The van der Waals surface area contributed by atoms with Crippen LogP contribution in [-0.2, 0) is 12.7 Å². The minimum Gasteiger partial charge on any atom is -0.341 e. The summed E-state index contributed by atoms with van der Waals surface area (Å²) < 4.78 is 37.7. The van der Waals surface area contributed by atoms with Gasteiger partial charge in [0, 0.05) is 18.4 Å². The molecule has 20 heavy (non-hydrogen) atoms. The SMILES string of the molecule is FC(F)(F)c1nnc(N(CCBr)Cc2ccccc2)s1. The molecule has 8 heteroatoms. The summed E-state index contributed by atoms with van der Waals surface area (Å²) >= 11 is 3.86. The van der Waals surface area contributed by atoms with Gasteiger partial charge in [-0.2, -0.15) is 13.2 Å². The summed E-state index contributed by atoms with van der Waals surface area (Å²) in [6.07, 6.45) is -4.44. The van der Waals surface area contributed by atoms with Crippen LogP contribution in [0.3, 0.4) is 0 Å². The van der Waals surface area contributed by atoms with Crippen molar-refractivity contribution in [3.05, 3.63) is 40.9 Å². The van der Waals surface area contributed by atoms with Gasteiger partial charge in [-0.05, 0) is 5.56 Å². The van der Waals surface area contributed by atoms with Crippen molar-refractivity contribution in [1.29, 1.82) is 0 Å². The van der Waals surface area contributed by atoms with Crippen LogP contribution < -0.4 is 4.90 Å². The standard InChI is InChI=1S/C12H11BrF3N3S/c13-6-7-19(8-9-4-2-1-3-5-9)11-18-17-10(20-11)12(14,15)16/h1-5H,6-8H2. The quantitative estimate of drug-likeness (QED) is 0.751. The van der Waals surface area contributed by atoms with Gasteiger partial charge in [-0.1, -0.05) is 57.6 Å². The lowest BCUT2D eigenvalue weighted by Crippen LogP contribution is -2.24. The normalized spacial score (nSPS) is 11.6. The third-order valence-electron chi connectivity index (χ3n) is 2.50. The molecule has 0 radical (unpaired) electrons. The van der Waals surface area contributed by atoms with E-state index in [1.54, 1.807) is 4.90 Å². The van der Waals surface area contributed by atoms with E-state index in [9.17, 15) is 13.2 Å². The Morgan fingerprint density at radius 2 is 1.85 bits per heavy atom. The molecule has 0 saturated carbocycles. The Hall–Kier alpha value is -1.15. The number of anilines is 1. The molecule has 0 bridgehead atoms. The third-order valence-corrected chi connectivity index (χ3v) is 3.88. The van der Waals surface area contributed by atoms with Crippen LogP contribution in [0.2, 0.25) is 0 Å². The van der Waals surface area contributed by atoms with Crippen LogP contribution in [0.25, 0.3) is 0 Å². The molecule has 0 amide bonds. The van der Waals surface area contributed by atoms with Crippen LogP contribution in [0.15, 0.2) is 30.3 Å². The van der Waals surface area contributed by atoms with Gasteiger partial charge in [0.05, 0.1) is 0 Å². The maximum atomic E-state index is 12.6. The number of aromatic nitrogens is 2. The largest absolute Gasteiger partial charge is 0.445 e. The second-order valence-corrected chi connectivity index (χ2v) is 5.73. The van der Waals surface area contributed by atoms with Crippen LogP contribution in [0.5, 0.6) is 0 Å². The first-order valence-corrected chi connectivity index (χ1v) is 7.70. The lowest BCUT2D eigenvalue weighted by molar-refractivity contribution is -0.138. The molecule has 1 aromatic carbocycles. The predicted molar refractivity (Wildman–Crippen MR) is 76.2 cm³/mol. The fourth-order valence-corrected chi connectivity index (χ4v) is 2.77. The molecule has 0 spiro atoms. The highest BCUT2D eigenvalue weighted by atomic mass is 79.9. The lowest BCUT2D eigenvalue weighted by atomic mass is 10.2. The molecule has 0 aliphatic rings. The van der Waals surface area contributed by atoms with Crippen molar-refractivity contribution in [2.75, 3.05) is 16.8 Å². The first-order chi connectivity index (χ1) is 9.50. The van der Waals surface area contributed by atoms with E-state index in [1.807, 2.05) is 30.3 Å². The second-order valence-electron chi connectivity index (χ2n) is 3.98. The fourth-order valence-electron chi connectivity index (χ4n) is 1.61. The van der Waals surface area contributed by atoms with E-state index < -0.39 is 11.2 Å². The predicted octanol–water partition coefficient (Wildman–Crippen LogP) is 3.96. The van der Waals surface area contributed by atoms with Crippen molar-refractivity contribution in [2.45, 2.75) is 12.7 Å². The highest BCUT2D eigenvalue weighted by Crippen LogP contribution is 2.34. The van der Waals surface area contributed by atoms with E-state index >= 15 is 0 Å². The number of rotatable bonds is 5. The molecule has 1 heterocycles. The molecular formula is C12H11BrF3N3S. The van der Waals surface area contributed by atoms with Gasteiger partial charge in [-0.3, -0.25) is 0 Å². The summed E-state index contributed by atoms with van der Waals surface area (Å²) in [4.78, 5) is 1.77. The Bertz CT molecular complexity index is 544. The van der Waals surface area contributed by atoms with Crippen LogP contribution in [0.4, 0.5) is 18.3 Å². The van der Waals surface area contributed by atoms with Crippen molar-refractivity contribution >= 4 is 32.4 Å². The topological polar surface area (TPSA) is 29.0 Å². The summed E-state index contributed by atoms with van der Waals surface area (Å²) in [5.74, 6) is 0. The van der Waals surface area contributed by atoms with Crippen LogP contribution in [-0.4, -0.2) is 22.1 Å². The van der Waals surface area contributed by atoms with Gasteiger partial charge >= 0.3 is 6.18 Å². The van der Waals surface area contributed by atoms with Gasteiger partial charge in [0.25, 0.3) is 0 Å². The van der Waals surface area contributed by atoms with Gasteiger partial charge in [-0.25, -0.2) is 0 Å². The average Bonchev–Trinajstić information content (AvgIpc) is 2.89. The Kier molecular flexibility index (Phi) is 4.98. The molecule has 2 rings (SSSR count).